The molecule has 1 fully saturated rings. The first-order valence-electron chi connectivity index (χ1n) is 9.94. The molecule has 1 saturated heterocycles. The monoisotopic (exact) mass is 392 g/mol. The van der Waals surface area contributed by atoms with Crippen LogP contribution in [0.3, 0.4) is 0 Å². The SMILES string of the molecule is CCn1ncc2c(C(=O)N3CCCCC3C(=O)OC)cc(-c3ccccc3)nc21. The fourth-order valence-corrected chi connectivity index (χ4v) is 3.92. The Morgan fingerprint density at radius 1 is 1.21 bits per heavy atom. The van der Waals surface area contributed by atoms with Crippen molar-refractivity contribution in [2.24, 2.45) is 0 Å². The molecule has 7 heteroatoms. The molecule has 1 aliphatic heterocycles. The van der Waals surface area contributed by atoms with E-state index in [1.807, 2.05) is 43.3 Å². The molecule has 7 nitrogen and oxygen atoms in total. The van der Waals surface area contributed by atoms with Crippen molar-refractivity contribution in [1.82, 2.24) is 19.7 Å². The van der Waals surface area contributed by atoms with Crippen molar-refractivity contribution in [2.75, 3.05) is 13.7 Å². The van der Waals surface area contributed by atoms with Gasteiger partial charge in [0.2, 0.25) is 0 Å². The largest absolute Gasteiger partial charge is 0.467 e. The molecule has 0 saturated carbocycles. The molecule has 3 heterocycles. The van der Waals surface area contributed by atoms with E-state index in [0.29, 0.717) is 41.8 Å². The average molecular weight is 392 g/mol. The Bertz CT molecular complexity index is 1040. The van der Waals surface area contributed by atoms with Gasteiger partial charge < -0.3 is 9.64 Å². The minimum atomic E-state index is -0.550. The van der Waals surface area contributed by atoms with Crippen molar-refractivity contribution in [3.63, 3.8) is 0 Å². The Hall–Kier alpha value is -3.22. The maximum Gasteiger partial charge on any atom is 0.328 e. The molecule has 0 bridgehead atoms. The highest BCUT2D eigenvalue weighted by Crippen LogP contribution is 2.28. The molecule has 3 aromatic rings. The van der Waals surface area contributed by atoms with Crippen molar-refractivity contribution >= 4 is 22.9 Å². The van der Waals surface area contributed by atoms with Gasteiger partial charge in [-0.2, -0.15) is 5.10 Å². The van der Waals surface area contributed by atoms with Gasteiger partial charge in [0, 0.05) is 18.7 Å². The Balaban J connectivity index is 1.84. The molecule has 0 N–H and O–H groups in total. The van der Waals surface area contributed by atoms with E-state index in [9.17, 15) is 9.59 Å². The van der Waals surface area contributed by atoms with Gasteiger partial charge in [-0.15, -0.1) is 0 Å². The summed E-state index contributed by atoms with van der Waals surface area (Å²) in [5.74, 6) is -0.545. The van der Waals surface area contributed by atoms with Crippen molar-refractivity contribution in [2.45, 2.75) is 38.8 Å². The van der Waals surface area contributed by atoms with Gasteiger partial charge in [-0.25, -0.2) is 14.5 Å². The quantitative estimate of drug-likeness (QED) is 0.637. The number of nitrogens with zero attached hydrogens (tertiary/aromatic N) is 4. The second-order valence-corrected chi connectivity index (χ2v) is 7.15. The summed E-state index contributed by atoms with van der Waals surface area (Å²) in [5, 5.41) is 5.10. The first-order valence-corrected chi connectivity index (χ1v) is 9.94. The van der Waals surface area contributed by atoms with Crippen molar-refractivity contribution in [1.29, 1.82) is 0 Å². The molecule has 1 amide bonds. The van der Waals surface area contributed by atoms with Crippen LogP contribution in [0.25, 0.3) is 22.3 Å². The smallest absolute Gasteiger partial charge is 0.328 e. The van der Waals surface area contributed by atoms with Crippen LogP contribution in [-0.4, -0.2) is 51.2 Å². The summed E-state index contributed by atoms with van der Waals surface area (Å²) in [7, 11) is 1.36. The highest BCUT2D eigenvalue weighted by Gasteiger charge is 2.34. The minimum Gasteiger partial charge on any atom is -0.467 e. The van der Waals surface area contributed by atoms with Crippen LogP contribution >= 0.6 is 0 Å². The molecule has 1 aliphatic rings. The standard InChI is InChI=1S/C22H24N4O3/c1-3-26-20-17(14-23-26)16(13-18(24-20)15-9-5-4-6-10-15)21(27)25-12-8-7-11-19(25)22(28)29-2/h4-6,9-10,13-14,19H,3,7-8,11-12H2,1-2H3. The molecular formula is C22H24N4O3. The lowest BCUT2D eigenvalue weighted by Gasteiger charge is -2.34. The highest BCUT2D eigenvalue weighted by atomic mass is 16.5. The highest BCUT2D eigenvalue weighted by molar-refractivity contribution is 6.07. The maximum atomic E-state index is 13.6. The molecule has 4 rings (SSSR count). The minimum absolute atomic E-state index is 0.180. The number of rotatable bonds is 4. The summed E-state index contributed by atoms with van der Waals surface area (Å²) in [6, 6.07) is 11.0. The average Bonchev–Trinajstić information content (AvgIpc) is 3.21. The molecule has 29 heavy (non-hydrogen) atoms. The zero-order chi connectivity index (χ0) is 20.4. The number of amides is 1. The van der Waals surface area contributed by atoms with Crippen molar-refractivity contribution in [3.8, 4) is 11.3 Å². The Kier molecular flexibility index (Phi) is 5.29. The summed E-state index contributed by atoms with van der Waals surface area (Å²) in [4.78, 5) is 32.3. The number of hydrogen-bond donors (Lipinski definition) is 0. The summed E-state index contributed by atoms with van der Waals surface area (Å²) >= 11 is 0. The van der Waals surface area contributed by atoms with Crippen LogP contribution in [-0.2, 0) is 16.1 Å². The van der Waals surface area contributed by atoms with Crippen molar-refractivity contribution in [3.05, 3.63) is 48.2 Å². The zero-order valence-corrected chi connectivity index (χ0v) is 16.7. The third kappa shape index (κ3) is 3.48. The van der Waals surface area contributed by atoms with Crippen LogP contribution in [0.15, 0.2) is 42.6 Å². The number of benzene rings is 1. The lowest BCUT2D eigenvalue weighted by Crippen LogP contribution is -2.48. The van der Waals surface area contributed by atoms with Crippen molar-refractivity contribution < 1.29 is 14.3 Å². The van der Waals surface area contributed by atoms with Gasteiger partial charge in [0.05, 0.1) is 30.0 Å². The molecule has 0 spiro atoms. The van der Waals surface area contributed by atoms with E-state index < -0.39 is 6.04 Å². The number of likely N-dealkylation sites (tertiary alicyclic amines) is 1. The number of hydrogen-bond acceptors (Lipinski definition) is 5. The van der Waals surface area contributed by atoms with Crippen LogP contribution in [0.4, 0.5) is 0 Å². The number of ether oxygens (including phenoxy) is 1. The van der Waals surface area contributed by atoms with E-state index >= 15 is 0 Å². The first kappa shape index (κ1) is 19.1. The van der Waals surface area contributed by atoms with Gasteiger partial charge in [0.1, 0.15) is 6.04 Å². The Morgan fingerprint density at radius 3 is 2.72 bits per heavy atom. The third-order valence-corrected chi connectivity index (χ3v) is 5.45. The summed E-state index contributed by atoms with van der Waals surface area (Å²) < 4.78 is 6.73. The number of aryl methyl sites for hydroxylation is 1. The Labute approximate surface area is 169 Å². The van der Waals surface area contributed by atoms with Gasteiger partial charge >= 0.3 is 5.97 Å². The van der Waals surface area contributed by atoms with E-state index in [0.717, 1.165) is 18.4 Å². The predicted molar refractivity (Wildman–Crippen MR) is 109 cm³/mol. The fraction of sp³-hybridized carbons (Fsp3) is 0.364. The number of carbonyl (C=O) groups is 2. The first-order chi connectivity index (χ1) is 14.1. The van der Waals surface area contributed by atoms with Gasteiger partial charge in [-0.3, -0.25) is 4.79 Å². The normalized spacial score (nSPS) is 16.8. The molecule has 0 radical (unpaired) electrons. The summed E-state index contributed by atoms with van der Waals surface area (Å²) in [6.07, 6.45) is 4.07. The van der Waals surface area contributed by atoms with Crippen LogP contribution < -0.4 is 0 Å². The van der Waals surface area contributed by atoms with Crippen LogP contribution in [0.5, 0.6) is 0 Å². The number of pyridine rings is 1. The van der Waals surface area contributed by atoms with E-state index in [4.69, 9.17) is 9.72 Å². The van der Waals surface area contributed by atoms with E-state index in [-0.39, 0.29) is 11.9 Å². The second kappa shape index (κ2) is 8.03. The van der Waals surface area contributed by atoms with E-state index in [1.165, 1.54) is 7.11 Å². The van der Waals surface area contributed by atoms with E-state index in [2.05, 4.69) is 5.10 Å². The molecule has 150 valence electrons. The van der Waals surface area contributed by atoms with Crippen LogP contribution in [0, 0.1) is 0 Å². The zero-order valence-electron chi connectivity index (χ0n) is 16.7. The third-order valence-electron chi connectivity index (χ3n) is 5.45. The molecule has 2 aromatic heterocycles. The number of carbonyl (C=O) groups excluding carboxylic acids is 2. The van der Waals surface area contributed by atoms with Gasteiger partial charge in [-0.1, -0.05) is 30.3 Å². The van der Waals surface area contributed by atoms with Gasteiger partial charge in [0.25, 0.3) is 5.91 Å². The number of aromatic nitrogens is 3. The Morgan fingerprint density at radius 2 is 2.00 bits per heavy atom. The second-order valence-electron chi connectivity index (χ2n) is 7.15. The van der Waals surface area contributed by atoms with Crippen LogP contribution in [0.1, 0.15) is 36.5 Å². The number of fused-ring (bicyclic) bond motifs is 1. The molecule has 1 aromatic carbocycles. The lowest BCUT2D eigenvalue weighted by atomic mass is 9.99. The molecule has 0 aliphatic carbocycles. The summed E-state index contributed by atoms with van der Waals surface area (Å²) in [6.45, 7) is 3.17. The number of piperidine rings is 1. The van der Waals surface area contributed by atoms with Gasteiger partial charge in [-0.05, 0) is 32.3 Å². The lowest BCUT2D eigenvalue weighted by molar-refractivity contribution is -0.147. The maximum absolute atomic E-state index is 13.6. The fourth-order valence-electron chi connectivity index (χ4n) is 3.92. The van der Waals surface area contributed by atoms with Crippen LogP contribution in [0.2, 0.25) is 0 Å². The number of esters is 1. The predicted octanol–water partition coefficient (Wildman–Crippen LogP) is 3.29. The van der Waals surface area contributed by atoms with E-state index in [1.54, 1.807) is 15.8 Å². The molecule has 1 atom stereocenters. The van der Waals surface area contributed by atoms with Gasteiger partial charge in [0.15, 0.2) is 5.65 Å². The number of methoxy groups -OCH3 is 1. The molecule has 1 unspecified atom stereocenters. The topological polar surface area (TPSA) is 77.3 Å². The molecular weight excluding hydrogens is 368 g/mol. The summed E-state index contributed by atoms with van der Waals surface area (Å²) in [5.41, 5.74) is 2.83.